The molecule has 1 saturated heterocycles. The topological polar surface area (TPSA) is 66.8 Å². The van der Waals surface area contributed by atoms with Gasteiger partial charge in [0.25, 0.3) is 0 Å². The van der Waals surface area contributed by atoms with E-state index in [9.17, 15) is 22.3 Å². The Morgan fingerprint density at radius 1 is 1.18 bits per heavy atom. The quantitative estimate of drug-likeness (QED) is 0.841. The maximum Gasteiger partial charge on any atom is 0.175 e. The standard InChI is InChI=1S/C20H21F2NO4S/c1-28(25,26)15-4-2-14(3-5-15)27-20-17-8-12(21)9-18(22)16(17)10-19(20)23-7-6-13(24)11-23/h2-5,8-9,13,19-20,24H,6-7,10-11H2,1H3/t13-,19+,20-/m1/s1. The van der Waals surface area contributed by atoms with E-state index in [1.807, 2.05) is 4.90 Å². The number of fused-ring (bicyclic) bond motifs is 1. The maximum atomic E-state index is 14.4. The third-order valence-electron chi connectivity index (χ3n) is 5.44. The molecule has 1 N–H and O–H groups in total. The van der Waals surface area contributed by atoms with Crippen LogP contribution in [-0.2, 0) is 16.3 Å². The molecule has 1 heterocycles. The Labute approximate surface area is 162 Å². The summed E-state index contributed by atoms with van der Waals surface area (Å²) in [6, 6.07) is 7.90. The van der Waals surface area contributed by atoms with E-state index in [1.165, 1.54) is 18.2 Å². The fourth-order valence-corrected chi connectivity index (χ4v) is 4.69. The zero-order chi connectivity index (χ0) is 20.1. The van der Waals surface area contributed by atoms with Gasteiger partial charge in [-0.25, -0.2) is 17.2 Å². The van der Waals surface area contributed by atoms with Crippen LogP contribution in [0.4, 0.5) is 8.78 Å². The highest BCUT2D eigenvalue weighted by atomic mass is 32.2. The Balaban J connectivity index is 1.67. The third-order valence-corrected chi connectivity index (χ3v) is 6.57. The molecule has 28 heavy (non-hydrogen) atoms. The van der Waals surface area contributed by atoms with Gasteiger partial charge < -0.3 is 9.84 Å². The molecule has 2 aromatic rings. The summed E-state index contributed by atoms with van der Waals surface area (Å²) in [4.78, 5) is 2.21. The smallest absolute Gasteiger partial charge is 0.175 e. The van der Waals surface area contributed by atoms with Crippen LogP contribution in [0.2, 0.25) is 0 Å². The van der Waals surface area contributed by atoms with Crippen LogP contribution >= 0.6 is 0 Å². The molecule has 8 heteroatoms. The molecule has 150 valence electrons. The highest BCUT2D eigenvalue weighted by molar-refractivity contribution is 7.90. The van der Waals surface area contributed by atoms with E-state index in [4.69, 9.17) is 4.74 Å². The minimum atomic E-state index is -3.33. The minimum absolute atomic E-state index is 0.169. The number of nitrogens with zero attached hydrogens (tertiary/aromatic N) is 1. The molecule has 2 aromatic carbocycles. The minimum Gasteiger partial charge on any atom is -0.484 e. The molecular weight excluding hydrogens is 388 g/mol. The average Bonchev–Trinajstić information content (AvgIpc) is 3.19. The molecule has 1 aliphatic heterocycles. The largest absolute Gasteiger partial charge is 0.484 e. The summed E-state index contributed by atoms with van der Waals surface area (Å²) in [5, 5.41) is 9.88. The molecule has 0 radical (unpaired) electrons. The van der Waals surface area contributed by atoms with Gasteiger partial charge in [-0.15, -0.1) is 0 Å². The lowest BCUT2D eigenvalue weighted by atomic mass is 10.1. The summed E-state index contributed by atoms with van der Waals surface area (Å²) in [5.41, 5.74) is 0.877. The predicted octanol–water partition coefficient (Wildman–Crippen LogP) is 2.48. The van der Waals surface area contributed by atoms with Gasteiger partial charge in [0, 0.05) is 31.0 Å². The van der Waals surface area contributed by atoms with Crippen LogP contribution in [0, 0.1) is 11.6 Å². The number of β-amino-alcohol motifs (C(OH)–C–C–N with tert-alkyl or cyclic N) is 1. The molecule has 3 atom stereocenters. The van der Waals surface area contributed by atoms with Crippen molar-refractivity contribution in [2.45, 2.75) is 36.0 Å². The Morgan fingerprint density at radius 3 is 2.50 bits per heavy atom. The molecular formula is C20H21F2NO4S. The van der Waals surface area contributed by atoms with Crippen LogP contribution in [0.25, 0.3) is 0 Å². The first-order valence-corrected chi connectivity index (χ1v) is 11.0. The number of sulfone groups is 1. The zero-order valence-corrected chi connectivity index (χ0v) is 16.1. The Hall–Kier alpha value is -2.03. The Morgan fingerprint density at radius 2 is 1.89 bits per heavy atom. The highest BCUT2D eigenvalue weighted by Crippen LogP contribution is 2.40. The van der Waals surface area contributed by atoms with Gasteiger partial charge in [-0.3, -0.25) is 4.90 Å². The first kappa shape index (κ1) is 19.3. The van der Waals surface area contributed by atoms with Crippen LogP contribution in [0.5, 0.6) is 5.75 Å². The summed E-state index contributed by atoms with van der Waals surface area (Å²) in [6.07, 6.45) is 1.05. The molecule has 0 bridgehead atoms. The molecule has 2 aliphatic rings. The van der Waals surface area contributed by atoms with Crippen molar-refractivity contribution >= 4 is 9.84 Å². The summed E-state index contributed by atoms with van der Waals surface area (Å²) in [5.74, 6) is -0.850. The van der Waals surface area contributed by atoms with Crippen LogP contribution in [0.3, 0.4) is 0 Å². The van der Waals surface area contributed by atoms with Crippen LogP contribution in [-0.4, -0.2) is 49.9 Å². The Kier molecular flexibility index (Phi) is 4.89. The number of likely N-dealkylation sites (tertiary alicyclic amines) is 1. The van der Waals surface area contributed by atoms with Crippen molar-refractivity contribution in [3.05, 3.63) is 59.2 Å². The van der Waals surface area contributed by atoms with E-state index >= 15 is 0 Å². The number of aliphatic hydroxyl groups excluding tert-OH is 1. The van der Waals surface area contributed by atoms with Gasteiger partial charge in [0.1, 0.15) is 23.5 Å². The summed E-state index contributed by atoms with van der Waals surface area (Å²) >= 11 is 0. The number of hydrogen-bond donors (Lipinski definition) is 1. The number of ether oxygens (including phenoxy) is 1. The predicted molar refractivity (Wildman–Crippen MR) is 99.0 cm³/mol. The molecule has 0 saturated carbocycles. The molecule has 0 spiro atoms. The van der Waals surface area contributed by atoms with Crippen molar-refractivity contribution in [2.24, 2.45) is 0 Å². The van der Waals surface area contributed by atoms with Gasteiger partial charge in [0.2, 0.25) is 0 Å². The number of rotatable bonds is 4. The lowest BCUT2D eigenvalue weighted by Gasteiger charge is -2.30. The van der Waals surface area contributed by atoms with Crippen molar-refractivity contribution in [3.63, 3.8) is 0 Å². The van der Waals surface area contributed by atoms with Crippen molar-refractivity contribution < 1.29 is 27.0 Å². The fraction of sp³-hybridized carbons (Fsp3) is 0.400. The average molecular weight is 409 g/mol. The third kappa shape index (κ3) is 3.64. The van der Waals surface area contributed by atoms with Crippen molar-refractivity contribution in [3.8, 4) is 5.75 Å². The normalized spacial score (nSPS) is 25.1. The Bertz CT molecular complexity index is 994. The summed E-state index contributed by atoms with van der Waals surface area (Å²) in [6.45, 7) is 1.10. The molecule has 1 fully saturated rings. The molecule has 0 unspecified atom stereocenters. The summed E-state index contributed by atoms with van der Waals surface area (Å²) < 4.78 is 57.6. The second-order valence-corrected chi connectivity index (χ2v) is 9.46. The van der Waals surface area contributed by atoms with Crippen LogP contribution < -0.4 is 4.74 Å². The number of aliphatic hydroxyl groups is 1. The second kappa shape index (κ2) is 7.09. The van der Waals surface area contributed by atoms with Crippen molar-refractivity contribution in [2.75, 3.05) is 19.3 Å². The van der Waals surface area contributed by atoms with Gasteiger partial charge in [0.05, 0.1) is 17.0 Å². The van der Waals surface area contributed by atoms with Crippen LogP contribution in [0.15, 0.2) is 41.3 Å². The van der Waals surface area contributed by atoms with E-state index in [2.05, 4.69) is 0 Å². The molecule has 1 aliphatic carbocycles. The van der Waals surface area contributed by atoms with Crippen LogP contribution in [0.1, 0.15) is 23.7 Å². The maximum absolute atomic E-state index is 14.4. The van der Waals surface area contributed by atoms with E-state index in [1.54, 1.807) is 12.1 Å². The summed E-state index contributed by atoms with van der Waals surface area (Å²) in [7, 11) is -3.33. The van der Waals surface area contributed by atoms with Gasteiger partial charge in [-0.2, -0.15) is 0 Å². The second-order valence-electron chi connectivity index (χ2n) is 7.45. The van der Waals surface area contributed by atoms with E-state index < -0.39 is 33.7 Å². The lowest BCUT2D eigenvalue weighted by Crippen LogP contribution is -2.39. The molecule has 5 nitrogen and oxygen atoms in total. The number of halogens is 2. The first-order chi connectivity index (χ1) is 13.2. The molecule has 0 amide bonds. The number of benzene rings is 2. The lowest BCUT2D eigenvalue weighted by molar-refractivity contribution is 0.0816. The zero-order valence-electron chi connectivity index (χ0n) is 15.3. The first-order valence-electron chi connectivity index (χ1n) is 9.09. The highest BCUT2D eigenvalue weighted by Gasteiger charge is 2.42. The van der Waals surface area contributed by atoms with E-state index in [0.29, 0.717) is 42.8 Å². The van der Waals surface area contributed by atoms with Crippen molar-refractivity contribution in [1.82, 2.24) is 4.90 Å². The van der Waals surface area contributed by atoms with E-state index in [-0.39, 0.29) is 10.9 Å². The molecule has 0 aromatic heterocycles. The van der Waals surface area contributed by atoms with Gasteiger partial charge in [0.15, 0.2) is 9.84 Å². The monoisotopic (exact) mass is 409 g/mol. The van der Waals surface area contributed by atoms with Crippen molar-refractivity contribution in [1.29, 1.82) is 0 Å². The van der Waals surface area contributed by atoms with Gasteiger partial charge in [-0.05, 0) is 48.7 Å². The SMILES string of the molecule is CS(=O)(=O)c1ccc(O[C@@H]2c3cc(F)cc(F)c3C[C@@H]2N2CC[C@@H](O)C2)cc1. The fourth-order valence-electron chi connectivity index (χ4n) is 4.06. The van der Waals surface area contributed by atoms with E-state index in [0.717, 1.165) is 12.3 Å². The van der Waals surface area contributed by atoms with Gasteiger partial charge >= 0.3 is 0 Å². The van der Waals surface area contributed by atoms with Gasteiger partial charge in [-0.1, -0.05) is 0 Å². The number of hydrogen-bond acceptors (Lipinski definition) is 5. The molecule has 4 rings (SSSR count).